The summed E-state index contributed by atoms with van der Waals surface area (Å²) in [5.74, 6) is 0.316. The van der Waals surface area contributed by atoms with Gasteiger partial charge in [-0.3, -0.25) is 9.59 Å². The molecule has 0 spiro atoms. The predicted molar refractivity (Wildman–Crippen MR) is 106 cm³/mol. The molecule has 154 valence electrons. The number of unbranched alkanes of at least 4 members (excludes halogenated alkanes) is 2. The van der Waals surface area contributed by atoms with Crippen LogP contribution in [0.25, 0.3) is 0 Å². The second-order valence-electron chi connectivity index (χ2n) is 7.69. The summed E-state index contributed by atoms with van der Waals surface area (Å²) in [7, 11) is 0. The summed E-state index contributed by atoms with van der Waals surface area (Å²) in [6.45, 7) is 1.42. The third kappa shape index (κ3) is 8.96. The molecule has 1 saturated carbocycles. The van der Waals surface area contributed by atoms with Crippen LogP contribution in [-0.2, 0) is 9.59 Å². The van der Waals surface area contributed by atoms with Crippen molar-refractivity contribution in [1.29, 1.82) is 0 Å². The van der Waals surface area contributed by atoms with E-state index in [2.05, 4.69) is 6.92 Å². The fraction of sp³-hybridized carbons (Fsp3) is 0.727. The van der Waals surface area contributed by atoms with E-state index in [9.17, 15) is 19.8 Å². The summed E-state index contributed by atoms with van der Waals surface area (Å²) in [6.07, 6.45) is 14.8. The summed E-state index contributed by atoms with van der Waals surface area (Å²) in [5.41, 5.74) is -1.06. The maximum atomic E-state index is 12.2. The number of hydrogen-bond donors (Lipinski definition) is 3. The highest BCUT2D eigenvalue weighted by molar-refractivity contribution is 5.83. The Bertz CT molecular complexity index is 511. The van der Waals surface area contributed by atoms with Crippen molar-refractivity contribution in [2.45, 2.75) is 76.7 Å². The van der Waals surface area contributed by atoms with Crippen molar-refractivity contribution in [3.05, 3.63) is 24.3 Å². The highest BCUT2D eigenvalue weighted by Gasteiger charge is 2.32. The van der Waals surface area contributed by atoms with Crippen LogP contribution in [0, 0.1) is 11.8 Å². The maximum Gasteiger partial charge on any atom is 0.158 e. The van der Waals surface area contributed by atoms with E-state index in [1.54, 1.807) is 0 Å². The molecule has 1 aliphatic carbocycles. The molecule has 0 heterocycles. The molecule has 0 aromatic carbocycles. The molecule has 3 N–H and O–H groups in total. The van der Waals surface area contributed by atoms with Crippen LogP contribution in [0.5, 0.6) is 0 Å². The zero-order valence-electron chi connectivity index (χ0n) is 16.6. The van der Waals surface area contributed by atoms with Crippen molar-refractivity contribution in [2.24, 2.45) is 11.8 Å². The highest BCUT2D eigenvalue weighted by atomic mass is 16.3. The Morgan fingerprint density at radius 3 is 2.67 bits per heavy atom. The summed E-state index contributed by atoms with van der Waals surface area (Å²) in [5, 5.41) is 28.5. The second-order valence-corrected chi connectivity index (χ2v) is 7.69. The molecule has 0 bridgehead atoms. The number of carbonyl (C=O) groups is 2. The molecule has 5 nitrogen and oxygen atoms in total. The normalized spacial score (nSPS) is 22.7. The molecule has 27 heavy (non-hydrogen) atoms. The molecule has 1 rings (SSSR count). The fourth-order valence-electron chi connectivity index (χ4n) is 3.54. The topological polar surface area (TPSA) is 94.8 Å². The van der Waals surface area contributed by atoms with Gasteiger partial charge in [-0.15, -0.1) is 0 Å². The minimum atomic E-state index is -1.06. The van der Waals surface area contributed by atoms with Gasteiger partial charge < -0.3 is 15.3 Å². The lowest BCUT2D eigenvalue weighted by atomic mass is 9.89. The molecule has 0 radical (unpaired) electrons. The van der Waals surface area contributed by atoms with E-state index in [1.165, 1.54) is 0 Å². The van der Waals surface area contributed by atoms with Crippen molar-refractivity contribution < 1.29 is 24.9 Å². The zero-order chi connectivity index (χ0) is 20.1. The van der Waals surface area contributed by atoms with E-state index in [0.717, 1.165) is 32.1 Å². The lowest BCUT2D eigenvalue weighted by molar-refractivity contribution is -0.122. The van der Waals surface area contributed by atoms with Gasteiger partial charge in [-0.05, 0) is 44.4 Å². The van der Waals surface area contributed by atoms with E-state index in [1.807, 2.05) is 24.3 Å². The smallest absolute Gasteiger partial charge is 0.158 e. The number of Topliss-reactive ketones (excluding diaryl/α,β-unsaturated/α-hetero) is 2. The van der Waals surface area contributed by atoms with Crippen LogP contribution in [-0.4, -0.2) is 45.7 Å². The third-order valence-corrected chi connectivity index (χ3v) is 5.38. The van der Waals surface area contributed by atoms with Crippen LogP contribution in [0.15, 0.2) is 24.3 Å². The zero-order valence-corrected chi connectivity index (χ0v) is 16.6. The Kier molecular flexibility index (Phi) is 11.4. The summed E-state index contributed by atoms with van der Waals surface area (Å²) < 4.78 is 0. The van der Waals surface area contributed by atoms with E-state index >= 15 is 0 Å². The van der Waals surface area contributed by atoms with Gasteiger partial charge in [0.25, 0.3) is 0 Å². The van der Waals surface area contributed by atoms with Crippen molar-refractivity contribution in [3.8, 4) is 0 Å². The molecule has 0 aromatic heterocycles. The van der Waals surface area contributed by atoms with Gasteiger partial charge in [-0.25, -0.2) is 0 Å². The van der Waals surface area contributed by atoms with E-state index in [0.29, 0.717) is 32.1 Å². The molecule has 0 amide bonds. The molecule has 0 aromatic rings. The molecule has 3 atom stereocenters. The van der Waals surface area contributed by atoms with Crippen LogP contribution < -0.4 is 0 Å². The summed E-state index contributed by atoms with van der Waals surface area (Å²) in [6, 6.07) is 0. The lowest BCUT2D eigenvalue weighted by Gasteiger charge is -2.24. The summed E-state index contributed by atoms with van der Waals surface area (Å²) in [4.78, 5) is 23.2. The summed E-state index contributed by atoms with van der Waals surface area (Å²) >= 11 is 0. The van der Waals surface area contributed by atoms with Gasteiger partial charge in [0.05, 0.1) is 12.2 Å². The first kappa shape index (κ1) is 23.7. The van der Waals surface area contributed by atoms with Crippen LogP contribution in [0.3, 0.4) is 0 Å². The maximum absolute atomic E-state index is 12.2. The average Bonchev–Trinajstić information content (AvgIpc) is 3.02. The Labute approximate surface area is 163 Å². The van der Waals surface area contributed by atoms with Gasteiger partial charge in [-0.1, -0.05) is 44.1 Å². The minimum Gasteiger partial charge on any atom is -0.393 e. The Morgan fingerprint density at radius 1 is 1.22 bits per heavy atom. The molecular weight excluding hydrogens is 344 g/mol. The lowest BCUT2D eigenvalue weighted by Crippen LogP contribution is -2.32. The average molecular weight is 381 g/mol. The number of rotatable bonds is 14. The van der Waals surface area contributed by atoms with Crippen molar-refractivity contribution in [2.75, 3.05) is 13.2 Å². The van der Waals surface area contributed by atoms with Crippen LogP contribution in [0.1, 0.15) is 71.1 Å². The number of hydrogen-bond acceptors (Lipinski definition) is 5. The number of aliphatic hydroxyl groups excluding tert-OH is 2. The number of ketones is 2. The monoisotopic (exact) mass is 380 g/mol. The van der Waals surface area contributed by atoms with Crippen molar-refractivity contribution in [1.82, 2.24) is 0 Å². The number of carbonyl (C=O) groups excluding carboxylic acids is 2. The van der Waals surface area contributed by atoms with Gasteiger partial charge in [0.15, 0.2) is 5.78 Å². The van der Waals surface area contributed by atoms with E-state index in [4.69, 9.17) is 5.11 Å². The van der Waals surface area contributed by atoms with Crippen LogP contribution in [0.4, 0.5) is 0 Å². The number of allylic oxidation sites excluding steroid dienone is 3. The van der Waals surface area contributed by atoms with Gasteiger partial charge in [0, 0.05) is 18.8 Å². The Balaban J connectivity index is 2.45. The molecular formula is C22H36O5. The first-order valence-electron chi connectivity index (χ1n) is 10.3. The molecule has 0 saturated heterocycles. The Hall–Kier alpha value is -1.30. The van der Waals surface area contributed by atoms with Crippen molar-refractivity contribution in [3.63, 3.8) is 0 Å². The molecule has 1 unspecified atom stereocenters. The predicted octanol–water partition coefficient (Wildman–Crippen LogP) is 3.12. The van der Waals surface area contributed by atoms with Crippen LogP contribution >= 0.6 is 0 Å². The largest absolute Gasteiger partial charge is 0.393 e. The van der Waals surface area contributed by atoms with Gasteiger partial charge in [0.2, 0.25) is 0 Å². The van der Waals surface area contributed by atoms with Crippen LogP contribution in [0.2, 0.25) is 0 Å². The van der Waals surface area contributed by atoms with E-state index < -0.39 is 12.2 Å². The quantitative estimate of drug-likeness (QED) is 0.318. The fourth-order valence-corrected chi connectivity index (χ4v) is 3.54. The second kappa shape index (κ2) is 13.0. The minimum absolute atomic E-state index is 0.0190. The van der Waals surface area contributed by atoms with E-state index in [-0.39, 0.29) is 30.0 Å². The highest BCUT2D eigenvalue weighted by Crippen LogP contribution is 2.33. The molecule has 0 aliphatic heterocycles. The third-order valence-electron chi connectivity index (χ3n) is 5.38. The molecule has 1 fully saturated rings. The molecule has 1 aliphatic rings. The van der Waals surface area contributed by atoms with Gasteiger partial charge >= 0.3 is 0 Å². The Morgan fingerprint density at radius 2 is 2.00 bits per heavy atom. The first-order chi connectivity index (χ1) is 13.0. The van der Waals surface area contributed by atoms with Gasteiger partial charge in [-0.2, -0.15) is 0 Å². The standard InChI is InChI=1S/C22H36O5/c1-2-3-14-22(27,17-24)15-8-9-18-12-13-21(26)20(18)11-7-5-4-6-10-19(25)16-23/h5,7-9,18,20,23-24,27H,2-4,6,10-17H2,1H3/t18-,20+,22?/m0/s1. The van der Waals surface area contributed by atoms with Gasteiger partial charge in [0.1, 0.15) is 12.4 Å². The van der Waals surface area contributed by atoms with Crippen molar-refractivity contribution >= 4 is 11.6 Å². The SMILES string of the molecule is CCCCC(O)(CO)CC=C[C@H]1CCC(=O)[C@@H]1CC=CCCCC(=O)CO. The number of aliphatic hydroxyl groups is 3. The molecule has 5 heteroatoms. The first-order valence-corrected chi connectivity index (χ1v) is 10.3.